The highest BCUT2D eigenvalue weighted by Crippen LogP contribution is 2.34. The summed E-state index contributed by atoms with van der Waals surface area (Å²) in [5, 5.41) is 1.63. The van der Waals surface area contributed by atoms with Crippen molar-refractivity contribution in [2.75, 3.05) is 26.4 Å². The first-order valence-electron chi connectivity index (χ1n) is 11.6. The lowest BCUT2D eigenvalue weighted by Crippen LogP contribution is -2.42. The number of rotatable bonds is 8. The number of benzene rings is 1. The van der Waals surface area contributed by atoms with Crippen molar-refractivity contribution >= 4 is 36.5 Å². The van der Waals surface area contributed by atoms with Crippen molar-refractivity contribution in [2.45, 2.75) is 38.5 Å². The van der Waals surface area contributed by atoms with Crippen LogP contribution in [0.15, 0.2) is 55.4 Å². The number of morpholine rings is 1. The molecule has 3 heterocycles. The van der Waals surface area contributed by atoms with Crippen LogP contribution >= 0.6 is 11.6 Å². The van der Waals surface area contributed by atoms with E-state index < -0.39 is 8.07 Å². The molecule has 0 spiro atoms. The summed E-state index contributed by atoms with van der Waals surface area (Å²) in [5.74, 6) is -0.110. The zero-order valence-electron chi connectivity index (χ0n) is 20.1. The Morgan fingerprint density at radius 3 is 2.91 bits per heavy atom. The number of nitrogens with zero attached hydrogens (tertiary/aromatic N) is 3. The highest BCUT2D eigenvalue weighted by molar-refractivity contribution is 6.76. The van der Waals surface area contributed by atoms with Gasteiger partial charge in [0.05, 0.1) is 30.5 Å². The van der Waals surface area contributed by atoms with E-state index in [9.17, 15) is 4.79 Å². The number of pyridine rings is 1. The number of amides is 1. The molecule has 0 radical (unpaired) electrons. The van der Waals surface area contributed by atoms with Gasteiger partial charge >= 0.3 is 0 Å². The summed E-state index contributed by atoms with van der Waals surface area (Å²) in [4.78, 5) is 18.9. The summed E-state index contributed by atoms with van der Waals surface area (Å²) in [7, 11) is -1.12. The first-order valence-corrected chi connectivity index (χ1v) is 15.7. The average molecular weight is 498 g/mol. The van der Waals surface area contributed by atoms with Crippen LogP contribution in [0.4, 0.5) is 0 Å². The molecule has 0 N–H and O–H groups in total. The maximum Gasteiger partial charge on any atom is 0.246 e. The fourth-order valence-corrected chi connectivity index (χ4v) is 5.21. The van der Waals surface area contributed by atoms with Gasteiger partial charge in [-0.2, -0.15) is 0 Å². The molecule has 1 aliphatic heterocycles. The molecule has 4 rings (SSSR count). The monoisotopic (exact) mass is 497 g/mol. The van der Waals surface area contributed by atoms with Gasteiger partial charge in [-0.15, -0.1) is 0 Å². The molecular formula is C26H32ClN3O3Si. The molecule has 3 aromatic rings. The van der Waals surface area contributed by atoms with Gasteiger partial charge in [-0.25, -0.2) is 0 Å². The van der Waals surface area contributed by atoms with Crippen molar-refractivity contribution in [3.05, 3.63) is 66.0 Å². The summed E-state index contributed by atoms with van der Waals surface area (Å²) >= 11 is 6.54. The molecule has 6 nitrogen and oxygen atoms in total. The van der Waals surface area contributed by atoms with E-state index in [0.717, 1.165) is 40.4 Å². The zero-order chi connectivity index (χ0) is 24.3. The molecule has 180 valence electrons. The zero-order valence-corrected chi connectivity index (χ0v) is 21.8. The van der Waals surface area contributed by atoms with Crippen LogP contribution in [-0.2, 0) is 21.0 Å². The second-order valence-corrected chi connectivity index (χ2v) is 15.9. The van der Waals surface area contributed by atoms with Crippen LogP contribution in [0.3, 0.4) is 0 Å². The minimum atomic E-state index is -1.12. The van der Waals surface area contributed by atoms with Crippen molar-refractivity contribution < 1.29 is 14.3 Å². The van der Waals surface area contributed by atoms with Gasteiger partial charge in [-0.05, 0) is 48.0 Å². The number of hydrogen-bond donors (Lipinski definition) is 0. The summed E-state index contributed by atoms with van der Waals surface area (Å²) in [6.07, 6.45) is 5.20. The van der Waals surface area contributed by atoms with E-state index in [1.165, 1.54) is 6.08 Å². The van der Waals surface area contributed by atoms with Crippen LogP contribution in [-0.4, -0.2) is 54.8 Å². The van der Waals surface area contributed by atoms with Crippen molar-refractivity contribution in [3.63, 3.8) is 0 Å². The minimum absolute atomic E-state index is 0.110. The number of carbonyl (C=O) groups excluding carboxylic acids is 1. The number of carbonyl (C=O) groups is 1. The van der Waals surface area contributed by atoms with Gasteiger partial charge in [0.25, 0.3) is 0 Å². The molecule has 1 fully saturated rings. The Balaban J connectivity index is 1.63. The Labute approximate surface area is 207 Å². The fraction of sp³-hybridized carbons (Fsp3) is 0.385. The predicted molar refractivity (Wildman–Crippen MR) is 140 cm³/mol. The third-order valence-electron chi connectivity index (χ3n) is 6.09. The number of fused-ring (bicyclic) bond motifs is 1. The smallest absolute Gasteiger partial charge is 0.246 e. The lowest BCUT2D eigenvalue weighted by Gasteiger charge is -2.35. The van der Waals surface area contributed by atoms with Gasteiger partial charge in [0, 0.05) is 49.6 Å². The molecule has 1 saturated heterocycles. The highest BCUT2D eigenvalue weighted by Gasteiger charge is 2.28. The maximum absolute atomic E-state index is 12.4. The SMILES string of the molecule is C=CC(=O)N1CCOCC1c1cc(Cl)cc(-c2nccc3c2ccn3COCC[Si](C)(C)C)c1. The number of ether oxygens (including phenoxy) is 2. The molecule has 1 aliphatic rings. The van der Waals surface area contributed by atoms with Crippen molar-refractivity contribution in [2.24, 2.45) is 0 Å². The summed E-state index contributed by atoms with van der Waals surface area (Å²) in [5.41, 5.74) is 3.73. The quantitative estimate of drug-likeness (QED) is 0.226. The van der Waals surface area contributed by atoms with Gasteiger partial charge in [-0.1, -0.05) is 37.8 Å². The largest absolute Gasteiger partial charge is 0.377 e. The molecule has 34 heavy (non-hydrogen) atoms. The van der Waals surface area contributed by atoms with Gasteiger partial charge in [0.15, 0.2) is 0 Å². The standard InChI is InChI=1S/C26H32ClN3O3Si/c1-5-25(31)30-10-11-32-17-24(30)19-14-20(16-21(27)15-19)26-22-7-9-29(23(22)6-8-28-26)18-33-12-13-34(2,3)4/h5-9,14-16,24H,1,10-13,17-18H2,2-4H3. The molecule has 0 aliphatic carbocycles. The average Bonchev–Trinajstić information content (AvgIpc) is 3.23. The van der Waals surface area contributed by atoms with E-state index in [4.69, 9.17) is 21.1 Å². The van der Waals surface area contributed by atoms with Crippen molar-refractivity contribution in [1.82, 2.24) is 14.5 Å². The molecule has 1 unspecified atom stereocenters. The van der Waals surface area contributed by atoms with Crippen molar-refractivity contribution in [3.8, 4) is 11.3 Å². The van der Waals surface area contributed by atoms with Gasteiger partial charge in [-0.3, -0.25) is 9.78 Å². The lowest BCUT2D eigenvalue weighted by molar-refractivity contribution is -0.134. The first-order chi connectivity index (χ1) is 16.3. The molecule has 0 saturated carbocycles. The van der Waals surface area contributed by atoms with Crippen LogP contribution < -0.4 is 0 Å². The van der Waals surface area contributed by atoms with E-state index in [0.29, 0.717) is 31.5 Å². The molecule has 1 aromatic carbocycles. The molecule has 2 aromatic heterocycles. The Hall–Kier alpha value is -2.45. The van der Waals surface area contributed by atoms with E-state index in [1.54, 1.807) is 4.90 Å². The highest BCUT2D eigenvalue weighted by atomic mass is 35.5. The summed E-state index contributed by atoms with van der Waals surface area (Å²) < 4.78 is 13.8. The van der Waals surface area contributed by atoms with Crippen molar-refractivity contribution in [1.29, 1.82) is 0 Å². The normalized spacial score (nSPS) is 16.7. The summed E-state index contributed by atoms with van der Waals surface area (Å²) in [6.45, 7) is 13.4. The Kier molecular flexibility index (Phi) is 7.57. The lowest BCUT2D eigenvalue weighted by atomic mass is 9.99. The predicted octanol–water partition coefficient (Wildman–Crippen LogP) is 5.75. The fourth-order valence-electron chi connectivity index (χ4n) is 4.21. The maximum atomic E-state index is 12.4. The van der Waals surface area contributed by atoms with Gasteiger partial charge < -0.3 is 18.9 Å². The Bertz CT molecular complexity index is 1190. The molecule has 1 atom stereocenters. The van der Waals surface area contributed by atoms with Crippen LogP contribution in [0.25, 0.3) is 22.2 Å². The Morgan fingerprint density at radius 2 is 2.15 bits per heavy atom. The van der Waals surface area contributed by atoms with Gasteiger partial charge in [0.1, 0.15) is 6.73 Å². The molecule has 8 heteroatoms. The summed E-state index contributed by atoms with van der Waals surface area (Å²) in [6, 6.07) is 10.9. The van der Waals surface area contributed by atoms with Gasteiger partial charge in [0.2, 0.25) is 5.91 Å². The Morgan fingerprint density at radius 1 is 1.32 bits per heavy atom. The third-order valence-corrected chi connectivity index (χ3v) is 8.01. The minimum Gasteiger partial charge on any atom is -0.377 e. The molecule has 1 amide bonds. The second-order valence-electron chi connectivity index (χ2n) is 9.83. The number of hydrogen-bond acceptors (Lipinski definition) is 4. The van der Waals surface area contributed by atoms with Crippen LogP contribution in [0.1, 0.15) is 11.6 Å². The molecular weight excluding hydrogens is 466 g/mol. The second kappa shape index (κ2) is 10.4. The van der Waals surface area contributed by atoms with Crippen LogP contribution in [0.5, 0.6) is 0 Å². The van der Waals surface area contributed by atoms with E-state index in [-0.39, 0.29) is 11.9 Å². The van der Waals surface area contributed by atoms with E-state index in [2.05, 4.69) is 47.9 Å². The molecule has 0 bridgehead atoms. The van der Waals surface area contributed by atoms with E-state index >= 15 is 0 Å². The first kappa shape index (κ1) is 24.7. The topological polar surface area (TPSA) is 56.6 Å². The van der Waals surface area contributed by atoms with E-state index in [1.807, 2.05) is 30.6 Å². The number of aromatic nitrogens is 2. The van der Waals surface area contributed by atoms with Crippen LogP contribution in [0, 0.1) is 0 Å². The third kappa shape index (κ3) is 5.60. The van der Waals surface area contributed by atoms with Crippen LogP contribution in [0.2, 0.25) is 30.7 Å². The number of halogens is 1.